The van der Waals surface area contributed by atoms with Crippen molar-refractivity contribution in [2.75, 3.05) is 30.9 Å². The highest BCUT2D eigenvalue weighted by atomic mass is 32.2. The molecule has 4 heteroatoms. The summed E-state index contributed by atoms with van der Waals surface area (Å²) in [5.41, 5.74) is 3.65. The average molecular weight is 263 g/mol. The Labute approximate surface area is 114 Å². The summed E-state index contributed by atoms with van der Waals surface area (Å²) in [5, 5.41) is 5.11. The Kier molecular flexibility index (Phi) is 4.17. The Morgan fingerprint density at radius 3 is 2.83 bits per heavy atom. The maximum absolute atomic E-state index is 4.54. The molecule has 3 nitrogen and oxygen atoms in total. The monoisotopic (exact) mass is 263 g/mol. The minimum atomic E-state index is 0.645. The maximum atomic E-state index is 4.54. The van der Waals surface area contributed by atoms with Gasteiger partial charge in [0.15, 0.2) is 5.17 Å². The van der Waals surface area contributed by atoms with Crippen LogP contribution in [0.3, 0.4) is 0 Å². The lowest BCUT2D eigenvalue weighted by Crippen LogP contribution is -2.12. The molecule has 1 heterocycles. The molecule has 1 unspecified atom stereocenters. The van der Waals surface area contributed by atoms with Gasteiger partial charge in [0.1, 0.15) is 0 Å². The lowest BCUT2D eigenvalue weighted by Gasteiger charge is -2.17. The number of thioether (sulfide) groups is 1. The van der Waals surface area contributed by atoms with E-state index in [-0.39, 0.29) is 0 Å². The second-order valence-electron chi connectivity index (χ2n) is 4.81. The number of hydrogen-bond donors (Lipinski definition) is 1. The molecule has 0 bridgehead atoms. The van der Waals surface area contributed by atoms with Crippen LogP contribution in [0.5, 0.6) is 0 Å². The molecule has 0 saturated heterocycles. The highest BCUT2D eigenvalue weighted by Gasteiger charge is 2.17. The molecule has 0 radical (unpaired) electrons. The van der Waals surface area contributed by atoms with E-state index in [4.69, 9.17) is 0 Å². The van der Waals surface area contributed by atoms with Crippen LogP contribution in [0.25, 0.3) is 0 Å². The second kappa shape index (κ2) is 5.65. The topological polar surface area (TPSA) is 27.6 Å². The quantitative estimate of drug-likeness (QED) is 0.906. The fraction of sp³-hybridized carbons (Fsp3) is 0.500. The van der Waals surface area contributed by atoms with Crippen LogP contribution >= 0.6 is 11.8 Å². The van der Waals surface area contributed by atoms with E-state index in [1.165, 1.54) is 17.7 Å². The van der Waals surface area contributed by atoms with Crippen molar-refractivity contribution in [3.63, 3.8) is 0 Å². The van der Waals surface area contributed by atoms with Crippen LogP contribution in [-0.2, 0) is 0 Å². The van der Waals surface area contributed by atoms with E-state index in [1.807, 2.05) is 11.8 Å². The highest BCUT2D eigenvalue weighted by molar-refractivity contribution is 8.15. The Morgan fingerprint density at radius 1 is 1.44 bits per heavy atom. The zero-order chi connectivity index (χ0) is 13.1. The third kappa shape index (κ3) is 2.99. The highest BCUT2D eigenvalue weighted by Crippen LogP contribution is 2.27. The summed E-state index contributed by atoms with van der Waals surface area (Å²) < 4.78 is 0. The van der Waals surface area contributed by atoms with Crippen LogP contribution in [0, 0.1) is 6.92 Å². The van der Waals surface area contributed by atoms with Crippen molar-refractivity contribution >= 4 is 28.3 Å². The van der Waals surface area contributed by atoms with Gasteiger partial charge in [0.05, 0.1) is 6.54 Å². The number of amidine groups is 1. The first-order valence-corrected chi connectivity index (χ1v) is 7.24. The Morgan fingerprint density at radius 2 is 2.22 bits per heavy atom. The van der Waals surface area contributed by atoms with Crippen LogP contribution in [0.1, 0.15) is 18.9 Å². The van der Waals surface area contributed by atoms with Crippen molar-refractivity contribution < 1.29 is 0 Å². The van der Waals surface area contributed by atoms with Gasteiger partial charge in [-0.05, 0) is 31.0 Å². The van der Waals surface area contributed by atoms with Gasteiger partial charge in [-0.1, -0.05) is 24.8 Å². The van der Waals surface area contributed by atoms with Gasteiger partial charge in [0.2, 0.25) is 0 Å². The van der Waals surface area contributed by atoms with Crippen LogP contribution < -0.4 is 10.2 Å². The molecule has 1 aliphatic rings. The first-order chi connectivity index (χ1) is 8.60. The van der Waals surface area contributed by atoms with E-state index in [0.717, 1.165) is 17.4 Å². The number of benzene rings is 1. The molecule has 0 spiro atoms. The number of nitrogens with one attached hydrogen (secondary N) is 1. The van der Waals surface area contributed by atoms with Crippen molar-refractivity contribution in [3.8, 4) is 0 Å². The fourth-order valence-electron chi connectivity index (χ4n) is 1.99. The number of aryl methyl sites for hydroxylation is 1. The van der Waals surface area contributed by atoms with E-state index < -0.39 is 0 Å². The summed E-state index contributed by atoms with van der Waals surface area (Å²) in [6, 6.07) is 6.44. The molecule has 2 rings (SSSR count). The van der Waals surface area contributed by atoms with Crippen molar-refractivity contribution in [2.24, 2.45) is 4.99 Å². The van der Waals surface area contributed by atoms with Gasteiger partial charge in [-0.2, -0.15) is 0 Å². The molecule has 98 valence electrons. The third-order valence-corrected chi connectivity index (χ3v) is 4.38. The molecule has 1 N–H and O–H groups in total. The number of anilines is 2. The van der Waals surface area contributed by atoms with Crippen molar-refractivity contribution in [2.45, 2.75) is 25.5 Å². The van der Waals surface area contributed by atoms with Crippen molar-refractivity contribution in [3.05, 3.63) is 23.8 Å². The third-order valence-electron chi connectivity index (χ3n) is 3.11. The number of rotatable bonds is 3. The summed E-state index contributed by atoms with van der Waals surface area (Å²) in [5.74, 6) is 0. The summed E-state index contributed by atoms with van der Waals surface area (Å²) in [7, 11) is 4.14. The molecule has 1 aromatic rings. The van der Waals surface area contributed by atoms with Crippen LogP contribution in [0.4, 0.5) is 11.4 Å². The Hall–Kier alpha value is -1.16. The van der Waals surface area contributed by atoms with Gasteiger partial charge in [-0.25, -0.2) is 0 Å². The Balaban J connectivity index is 2.09. The zero-order valence-corrected chi connectivity index (χ0v) is 12.3. The normalized spacial score (nSPS) is 18.7. The standard InChI is InChI=1S/C14H21N3S/c1-5-12-9-15-14(18-12)16-11-7-6-10(2)13(8-11)17(3)4/h6-8,12H,5,9H2,1-4H3,(H,15,16). The van der Waals surface area contributed by atoms with Crippen molar-refractivity contribution in [1.29, 1.82) is 0 Å². The summed E-state index contributed by atoms with van der Waals surface area (Å²) in [6.45, 7) is 5.29. The summed E-state index contributed by atoms with van der Waals surface area (Å²) in [4.78, 5) is 6.67. The maximum Gasteiger partial charge on any atom is 0.161 e. The Bertz CT molecular complexity index is 454. The molecule has 18 heavy (non-hydrogen) atoms. The average Bonchev–Trinajstić information content (AvgIpc) is 2.79. The summed E-state index contributed by atoms with van der Waals surface area (Å²) in [6.07, 6.45) is 1.18. The molecule has 1 aliphatic heterocycles. The first-order valence-electron chi connectivity index (χ1n) is 6.36. The van der Waals surface area contributed by atoms with Gasteiger partial charge in [0, 0.05) is 30.7 Å². The van der Waals surface area contributed by atoms with E-state index in [0.29, 0.717) is 5.25 Å². The fourth-order valence-corrected chi connectivity index (χ4v) is 2.95. The van der Waals surface area contributed by atoms with Crippen LogP contribution in [0.15, 0.2) is 23.2 Å². The van der Waals surface area contributed by atoms with E-state index in [1.54, 1.807) is 0 Å². The molecular weight excluding hydrogens is 242 g/mol. The van der Waals surface area contributed by atoms with Gasteiger partial charge >= 0.3 is 0 Å². The van der Waals surface area contributed by atoms with Gasteiger partial charge in [-0.3, -0.25) is 4.99 Å². The molecule has 0 fully saturated rings. The predicted octanol–water partition coefficient (Wildman–Crippen LogP) is 3.35. The van der Waals surface area contributed by atoms with Crippen LogP contribution in [-0.4, -0.2) is 31.1 Å². The smallest absolute Gasteiger partial charge is 0.161 e. The minimum Gasteiger partial charge on any atom is -0.377 e. The molecule has 0 aromatic heterocycles. The van der Waals surface area contributed by atoms with Gasteiger partial charge < -0.3 is 10.2 Å². The minimum absolute atomic E-state index is 0.645. The summed E-state index contributed by atoms with van der Waals surface area (Å²) >= 11 is 1.85. The molecule has 0 saturated carbocycles. The zero-order valence-electron chi connectivity index (χ0n) is 11.5. The predicted molar refractivity (Wildman–Crippen MR) is 83.1 cm³/mol. The van der Waals surface area contributed by atoms with Gasteiger partial charge in [-0.15, -0.1) is 0 Å². The number of aliphatic imine (C=N–C) groups is 1. The number of hydrogen-bond acceptors (Lipinski definition) is 4. The molecule has 1 aromatic carbocycles. The molecule has 0 amide bonds. The molecular formula is C14H21N3S. The van der Waals surface area contributed by atoms with Crippen molar-refractivity contribution in [1.82, 2.24) is 0 Å². The van der Waals surface area contributed by atoms with E-state index in [9.17, 15) is 0 Å². The largest absolute Gasteiger partial charge is 0.377 e. The SMILES string of the molecule is CCC1CN=C(Nc2ccc(C)c(N(C)C)c2)S1. The lowest BCUT2D eigenvalue weighted by atomic mass is 10.1. The second-order valence-corrected chi connectivity index (χ2v) is 6.10. The lowest BCUT2D eigenvalue weighted by molar-refractivity contribution is 0.843. The van der Waals surface area contributed by atoms with Crippen LogP contribution in [0.2, 0.25) is 0 Å². The number of nitrogens with zero attached hydrogens (tertiary/aromatic N) is 2. The van der Waals surface area contributed by atoms with E-state index in [2.05, 4.69) is 61.4 Å². The molecule has 1 atom stereocenters. The van der Waals surface area contributed by atoms with E-state index >= 15 is 0 Å². The first kappa shape index (κ1) is 13.3. The van der Waals surface area contributed by atoms with Gasteiger partial charge in [0.25, 0.3) is 0 Å². The molecule has 0 aliphatic carbocycles.